The van der Waals surface area contributed by atoms with Gasteiger partial charge in [0.05, 0.1) is 13.2 Å². The van der Waals surface area contributed by atoms with Gasteiger partial charge in [-0.2, -0.15) is 0 Å². The Kier molecular flexibility index (Phi) is 5.29. The Morgan fingerprint density at radius 1 is 1.33 bits per heavy atom. The number of amidine groups is 1. The van der Waals surface area contributed by atoms with E-state index < -0.39 is 5.97 Å². The van der Waals surface area contributed by atoms with Gasteiger partial charge in [-0.05, 0) is 0 Å². The fourth-order valence-corrected chi connectivity index (χ4v) is 1.37. The molecule has 18 heavy (non-hydrogen) atoms. The van der Waals surface area contributed by atoms with Crippen molar-refractivity contribution in [2.45, 2.75) is 13.2 Å². The monoisotopic (exact) mass is 252 g/mol. The molecule has 0 aliphatic carbocycles. The molecule has 0 aromatic heterocycles. The third kappa shape index (κ3) is 4.52. The maximum Gasteiger partial charge on any atom is 0.300 e. The molecule has 0 radical (unpaired) electrons. The maximum absolute atomic E-state index is 9.00. The largest absolute Gasteiger partial charge is 0.481 e. The highest BCUT2D eigenvalue weighted by atomic mass is 16.7. The zero-order valence-corrected chi connectivity index (χ0v) is 10.1. The topological polar surface area (TPSA) is 106 Å². The van der Waals surface area contributed by atoms with Crippen LogP contribution in [0.5, 0.6) is 0 Å². The minimum atomic E-state index is -0.833. The van der Waals surface area contributed by atoms with E-state index in [0.717, 1.165) is 12.5 Å². The molecule has 0 amide bonds. The van der Waals surface area contributed by atoms with Crippen molar-refractivity contribution in [3.8, 4) is 0 Å². The Morgan fingerprint density at radius 2 is 1.78 bits per heavy atom. The molecule has 6 nitrogen and oxygen atoms in total. The zero-order chi connectivity index (χ0) is 13.5. The number of ether oxygens (including phenoxy) is 2. The van der Waals surface area contributed by atoms with E-state index in [-0.39, 0.29) is 12.1 Å². The van der Waals surface area contributed by atoms with Gasteiger partial charge in [0, 0.05) is 18.1 Å². The standard InChI is InChI=1S/C10H12N2O2.C2H4O2/c11-9(12)7-1-3-8(4-2-7)10-13-5-6-14-10;1-2(3)4/h1-4,10H,5-6H2,(H3,11,12);1H3,(H,3,4). The lowest BCUT2D eigenvalue weighted by atomic mass is 10.1. The Morgan fingerprint density at radius 3 is 2.17 bits per heavy atom. The van der Waals surface area contributed by atoms with E-state index in [9.17, 15) is 0 Å². The van der Waals surface area contributed by atoms with Gasteiger partial charge in [0.2, 0.25) is 0 Å². The molecule has 1 aromatic carbocycles. The summed E-state index contributed by atoms with van der Waals surface area (Å²) in [4.78, 5) is 9.00. The van der Waals surface area contributed by atoms with E-state index in [1.54, 1.807) is 12.1 Å². The smallest absolute Gasteiger partial charge is 0.300 e. The van der Waals surface area contributed by atoms with Crippen LogP contribution in [0.2, 0.25) is 0 Å². The number of nitrogen functional groups attached to an aromatic ring is 1. The predicted molar refractivity (Wildman–Crippen MR) is 65.4 cm³/mol. The Bertz CT molecular complexity index is 407. The van der Waals surface area contributed by atoms with Crippen LogP contribution in [0, 0.1) is 5.41 Å². The number of nitrogens with one attached hydrogen (secondary N) is 1. The molecule has 98 valence electrons. The molecule has 2 rings (SSSR count). The van der Waals surface area contributed by atoms with Crippen LogP contribution in [-0.2, 0) is 14.3 Å². The summed E-state index contributed by atoms with van der Waals surface area (Å²) in [5.74, 6) is -0.759. The molecular formula is C12H16N2O4. The normalized spacial score (nSPS) is 14.7. The maximum atomic E-state index is 9.00. The first-order chi connectivity index (χ1) is 8.50. The molecule has 1 fully saturated rings. The summed E-state index contributed by atoms with van der Waals surface area (Å²) >= 11 is 0. The molecule has 1 heterocycles. The second kappa shape index (κ2) is 6.73. The van der Waals surface area contributed by atoms with Gasteiger partial charge in [0.15, 0.2) is 6.29 Å². The van der Waals surface area contributed by atoms with Crippen LogP contribution >= 0.6 is 0 Å². The number of aliphatic carboxylic acids is 1. The molecule has 1 saturated heterocycles. The summed E-state index contributed by atoms with van der Waals surface area (Å²) in [6.45, 7) is 2.36. The minimum absolute atomic E-state index is 0.0739. The van der Waals surface area contributed by atoms with Gasteiger partial charge < -0.3 is 20.3 Å². The van der Waals surface area contributed by atoms with Crippen molar-refractivity contribution < 1.29 is 19.4 Å². The average Bonchev–Trinajstić information content (AvgIpc) is 2.81. The van der Waals surface area contributed by atoms with Crippen LogP contribution in [0.15, 0.2) is 24.3 Å². The van der Waals surface area contributed by atoms with Crippen LogP contribution in [0.4, 0.5) is 0 Å². The van der Waals surface area contributed by atoms with Gasteiger partial charge >= 0.3 is 0 Å². The fraction of sp³-hybridized carbons (Fsp3) is 0.333. The van der Waals surface area contributed by atoms with Gasteiger partial charge in [-0.1, -0.05) is 24.3 Å². The van der Waals surface area contributed by atoms with Crippen molar-refractivity contribution in [3.05, 3.63) is 35.4 Å². The van der Waals surface area contributed by atoms with Crippen molar-refractivity contribution in [1.29, 1.82) is 5.41 Å². The molecule has 0 atom stereocenters. The fourth-order valence-electron chi connectivity index (χ4n) is 1.37. The highest BCUT2D eigenvalue weighted by Gasteiger charge is 2.17. The van der Waals surface area contributed by atoms with Crippen LogP contribution in [-0.4, -0.2) is 30.1 Å². The molecule has 0 bridgehead atoms. The molecule has 1 aliphatic heterocycles. The summed E-state index contributed by atoms with van der Waals surface area (Å²) in [5.41, 5.74) is 7.02. The highest BCUT2D eigenvalue weighted by Crippen LogP contribution is 2.22. The molecule has 1 aliphatic rings. The molecule has 0 saturated carbocycles. The summed E-state index contributed by atoms with van der Waals surface area (Å²) < 4.78 is 10.7. The second-order valence-electron chi connectivity index (χ2n) is 3.63. The van der Waals surface area contributed by atoms with Crippen molar-refractivity contribution >= 4 is 11.8 Å². The second-order valence-corrected chi connectivity index (χ2v) is 3.63. The first-order valence-corrected chi connectivity index (χ1v) is 5.38. The first kappa shape index (κ1) is 14.1. The summed E-state index contributed by atoms with van der Waals surface area (Å²) in [6.07, 6.45) is -0.254. The Labute approximate surface area is 105 Å². The first-order valence-electron chi connectivity index (χ1n) is 5.38. The molecule has 1 aromatic rings. The summed E-state index contributed by atoms with van der Waals surface area (Å²) in [7, 11) is 0. The molecular weight excluding hydrogens is 236 g/mol. The molecule has 0 unspecified atom stereocenters. The van der Waals surface area contributed by atoms with E-state index >= 15 is 0 Å². The average molecular weight is 252 g/mol. The van der Waals surface area contributed by atoms with Gasteiger partial charge in [-0.3, -0.25) is 10.2 Å². The van der Waals surface area contributed by atoms with Crippen LogP contribution in [0.25, 0.3) is 0 Å². The predicted octanol–water partition coefficient (Wildman–Crippen LogP) is 1.11. The van der Waals surface area contributed by atoms with E-state index in [1.165, 1.54) is 0 Å². The Hall–Kier alpha value is -1.92. The van der Waals surface area contributed by atoms with Crippen molar-refractivity contribution in [1.82, 2.24) is 0 Å². The minimum Gasteiger partial charge on any atom is -0.481 e. The summed E-state index contributed by atoms with van der Waals surface area (Å²) in [5, 5.41) is 14.6. The SMILES string of the molecule is CC(=O)O.N=C(N)c1ccc(C2OCCO2)cc1. The van der Waals surface area contributed by atoms with Gasteiger partial charge in [-0.15, -0.1) is 0 Å². The number of carboxylic acid groups (broad SMARTS) is 1. The van der Waals surface area contributed by atoms with Crippen LogP contribution < -0.4 is 5.73 Å². The zero-order valence-electron chi connectivity index (χ0n) is 10.1. The molecule has 6 heteroatoms. The third-order valence-electron chi connectivity index (χ3n) is 2.12. The van der Waals surface area contributed by atoms with E-state index in [2.05, 4.69) is 0 Å². The molecule has 4 N–H and O–H groups in total. The van der Waals surface area contributed by atoms with E-state index in [1.807, 2.05) is 12.1 Å². The highest BCUT2D eigenvalue weighted by molar-refractivity contribution is 5.94. The van der Waals surface area contributed by atoms with Crippen molar-refractivity contribution in [2.75, 3.05) is 13.2 Å². The van der Waals surface area contributed by atoms with E-state index in [0.29, 0.717) is 18.8 Å². The van der Waals surface area contributed by atoms with Gasteiger partial charge in [-0.25, -0.2) is 0 Å². The Balaban J connectivity index is 0.000000357. The van der Waals surface area contributed by atoms with Crippen LogP contribution in [0.1, 0.15) is 24.3 Å². The lowest BCUT2D eigenvalue weighted by molar-refractivity contribution is -0.134. The number of rotatable bonds is 2. The summed E-state index contributed by atoms with van der Waals surface area (Å²) in [6, 6.07) is 7.32. The van der Waals surface area contributed by atoms with Crippen LogP contribution in [0.3, 0.4) is 0 Å². The lowest BCUT2D eigenvalue weighted by Crippen LogP contribution is -2.11. The number of carboxylic acids is 1. The van der Waals surface area contributed by atoms with Crippen molar-refractivity contribution in [3.63, 3.8) is 0 Å². The lowest BCUT2D eigenvalue weighted by Gasteiger charge is -2.09. The quantitative estimate of drug-likeness (QED) is 0.540. The number of hydrogen-bond donors (Lipinski definition) is 3. The number of benzene rings is 1. The number of nitrogens with two attached hydrogens (primary N) is 1. The number of carbonyl (C=O) groups is 1. The molecule has 0 spiro atoms. The van der Waals surface area contributed by atoms with Gasteiger partial charge in [0.1, 0.15) is 5.84 Å². The van der Waals surface area contributed by atoms with Gasteiger partial charge in [0.25, 0.3) is 5.97 Å². The third-order valence-corrected chi connectivity index (χ3v) is 2.12. The number of hydrogen-bond acceptors (Lipinski definition) is 4. The van der Waals surface area contributed by atoms with E-state index in [4.69, 9.17) is 30.5 Å². The van der Waals surface area contributed by atoms with Crippen molar-refractivity contribution in [2.24, 2.45) is 5.73 Å².